The molecule has 0 bridgehead atoms. The molecule has 0 radical (unpaired) electrons. The van der Waals surface area contributed by atoms with Crippen LogP contribution in [0, 0.1) is 0 Å². The molecule has 0 saturated heterocycles. The zero-order valence-electron chi connectivity index (χ0n) is 8.73. The molecule has 0 fully saturated rings. The van der Waals surface area contributed by atoms with Crippen molar-refractivity contribution in [1.29, 1.82) is 0 Å². The second-order valence-electron chi connectivity index (χ2n) is 2.99. The summed E-state index contributed by atoms with van der Waals surface area (Å²) < 4.78 is 10.5. The molecular formula is C11H12N2O2. The minimum atomic E-state index is 0.522. The smallest absolute Gasteiger partial charge is 0.241 e. The molecule has 1 aromatic carbocycles. The first kappa shape index (κ1) is 9.71. The van der Waals surface area contributed by atoms with Gasteiger partial charge in [-0.2, -0.15) is 0 Å². The van der Waals surface area contributed by atoms with Crippen molar-refractivity contribution < 1.29 is 9.47 Å². The van der Waals surface area contributed by atoms with E-state index in [1.54, 1.807) is 7.11 Å². The Morgan fingerprint density at radius 1 is 1.07 bits per heavy atom. The number of aromatic nitrogens is 2. The third-order valence-electron chi connectivity index (χ3n) is 2.09. The van der Waals surface area contributed by atoms with Crippen LogP contribution in [-0.2, 0) is 0 Å². The first-order valence-corrected chi connectivity index (χ1v) is 4.79. The fraction of sp³-hybridized carbons (Fsp3) is 0.273. The van der Waals surface area contributed by atoms with Crippen molar-refractivity contribution in [3.8, 4) is 11.8 Å². The van der Waals surface area contributed by atoms with Crippen molar-refractivity contribution in [2.24, 2.45) is 0 Å². The van der Waals surface area contributed by atoms with Crippen molar-refractivity contribution in [3.63, 3.8) is 0 Å². The van der Waals surface area contributed by atoms with Crippen LogP contribution in [0.3, 0.4) is 0 Å². The molecule has 78 valence electrons. The minimum Gasteiger partial charge on any atom is -0.479 e. The summed E-state index contributed by atoms with van der Waals surface area (Å²) in [6, 6.07) is 7.75. The predicted molar refractivity (Wildman–Crippen MR) is 57.3 cm³/mol. The van der Waals surface area contributed by atoms with Gasteiger partial charge in [-0.15, -0.1) is 10.2 Å². The molecule has 0 N–H and O–H groups in total. The van der Waals surface area contributed by atoms with Crippen molar-refractivity contribution in [3.05, 3.63) is 24.3 Å². The second-order valence-corrected chi connectivity index (χ2v) is 2.99. The Kier molecular flexibility index (Phi) is 2.67. The molecule has 0 saturated carbocycles. The molecule has 0 amide bonds. The SMILES string of the molecule is CCOc1nnc(OC)c2ccccc12. The Morgan fingerprint density at radius 2 is 1.67 bits per heavy atom. The number of methoxy groups -OCH3 is 1. The lowest BCUT2D eigenvalue weighted by Gasteiger charge is -2.07. The van der Waals surface area contributed by atoms with Crippen LogP contribution in [-0.4, -0.2) is 23.9 Å². The molecule has 0 unspecified atom stereocenters. The normalized spacial score (nSPS) is 10.3. The second kappa shape index (κ2) is 4.13. The molecule has 4 nitrogen and oxygen atoms in total. The lowest BCUT2D eigenvalue weighted by molar-refractivity contribution is 0.323. The van der Waals surface area contributed by atoms with Crippen LogP contribution in [0.25, 0.3) is 10.8 Å². The number of rotatable bonds is 3. The van der Waals surface area contributed by atoms with E-state index < -0.39 is 0 Å². The van der Waals surface area contributed by atoms with Crippen LogP contribution >= 0.6 is 0 Å². The third-order valence-corrected chi connectivity index (χ3v) is 2.09. The summed E-state index contributed by atoms with van der Waals surface area (Å²) >= 11 is 0. The van der Waals surface area contributed by atoms with Gasteiger partial charge in [0.2, 0.25) is 11.8 Å². The van der Waals surface area contributed by atoms with Gasteiger partial charge in [-0.3, -0.25) is 0 Å². The van der Waals surface area contributed by atoms with Gasteiger partial charge >= 0.3 is 0 Å². The topological polar surface area (TPSA) is 44.2 Å². The zero-order valence-corrected chi connectivity index (χ0v) is 8.73. The van der Waals surface area contributed by atoms with E-state index in [-0.39, 0.29) is 0 Å². The number of nitrogens with zero attached hydrogens (tertiary/aromatic N) is 2. The average Bonchev–Trinajstić information content (AvgIpc) is 2.30. The van der Waals surface area contributed by atoms with E-state index in [2.05, 4.69) is 10.2 Å². The highest BCUT2D eigenvalue weighted by Gasteiger charge is 2.08. The van der Waals surface area contributed by atoms with Gasteiger partial charge in [-0.25, -0.2) is 0 Å². The fourth-order valence-corrected chi connectivity index (χ4v) is 1.45. The molecule has 4 heteroatoms. The average molecular weight is 204 g/mol. The molecule has 0 atom stereocenters. The van der Waals surface area contributed by atoms with Crippen LogP contribution in [0.5, 0.6) is 11.8 Å². The maximum absolute atomic E-state index is 5.39. The Balaban J connectivity index is 2.66. The fourth-order valence-electron chi connectivity index (χ4n) is 1.45. The van der Waals surface area contributed by atoms with Crippen LogP contribution < -0.4 is 9.47 Å². The van der Waals surface area contributed by atoms with Crippen LogP contribution in [0.2, 0.25) is 0 Å². The summed E-state index contributed by atoms with van der Waals surface area (Å²) in [5, 5.41) is 9.75. The standard InChI is InChI=1S/C11H12N2O2/c1-3-15-11-9-7-5-4-6-8(9)10(14-2)12-13-11/h4-7H,3H2,1-2H3. The molecular weight excluding hydrogens is 192 g/mol. The summed E-state index contributed by atoms with van der Waals surface area (Å²) in [5.41, 5.74) is 0. The maximum Gasteiger partial charge on any atom is 0.241 e. The summed E-state index contributed by atoms with van der Waals surface area (Å²) in [6.45, 7) is 2.49. The molecule has 0 aliphatic carbocycles. The molecule has 0 spiro atoms. The molecule has 0 aliphatic rings. The van der Waals surface area contributed by atoms with Gasteiger partial charge in [0.15, 0.2) is 0 Å². The molecule has 2 aromatic rings. The van der Waals surface area contributed by atoms with E-state index in [4.69, 9.17) is 9.47 Å². The quantitative estimate of drug-likeness (QED) is 0.767. The highest BCUT2D eigenvalue weighted by atomic mass is 16.5. The van der Waals surface area contributed by atoms with Crippen LogP contribution in [0.4, 0.5) is 0 Å². The van der Waals surface area contributed by atoms with Gasteiger partial charge in [-0.1, -0.05) is 12.1 Å². The summed E-state index contributed by atoms with van der Waals surface area (Å²) in [6.07, 6.45) is 0. The van der Waals surface area contributed by atoms with E-state index in [1.807, 2.05) is 31.2 Å². The van der Waals surface area contributed by atoms with E-state index in [0.29, 0.717) is 18.4 Å². The Labute approximate surface area is 87.8 Å². The Morgan fingerprint density at radius 3 is 2.27 bits per heavy atom. The third kappa shape index (κ3) is 1.70. The first-order chi connectivity index (χ1) is 7.36. The lowest BCUT2D eigenvalue weighted by Crippen LogP contribution is -1.99. The number of benzene rings is 1. The van der Waals surface area contributed by atoms with Crippen molar-refractivity contribution >= 4 is 10.8 Å². The Bertz CT molecular complexity index is 471. The van der Waals surface area contributed by atoms with E-state index in [0.717, 1.165) is 10.8 Å². The summed E-state index contributed by atoms with van der Waals surface area (Å²) in [5.74, 6) is 1.07. The van der Waals surface area contributed by atoms with Gasteiger partial charge in [-0.05, 0) is 19.1 Å². The van der Waals surface area contributed by atoms with Crippen molar-refractivity contribution in [2.45, 2.75) is 6.92 Å². The lowest BCUT2D eigenvalue weighted by atomic mass is 10.2. The molecule has 0 aliphatic heterocycles. The molecule has 15 heavy (non-hydrogen) atoms. The zero-order chi connectivity index (χ0) is 10.7. The van der Waals surface area contributed by atoms with Crippen LogP contribution in [0.1, 0.15) is 6.92 Å². The van der Waals surface area contributed by atoms with Gasteiger partial charge in [0, 0.05) is 0 Å². The van der Waals surface area contributed by atoms with Gasteiger partial charge in [0.05, 0.1) is 24.5 Å². The van der Waals surface area contributed by atoms with Crippen molar-refractivity contribution in [1.82, 2.24) is 10.2 Å². The largest absolute Gasteiger partial charge is 0.479 e. The van der Waals surface area contributed by atoms with Gasteiger partial charge in [0.1, 0.15) is 0 Å². The number of hydrogen-bond acceptors (Lipinski definition) is 4. The molecule has 1 aromatic heterocycles. The minimum absolute atomic E-state index is 0.522. The van der Waals surface area contributed by atoms with Gasteiger partial charge < -0.3 is 9.47 Å². The number of ether oxygens (including phenoxy) is 2. The predicted octanol–water partition coefficient (Wildman–Crippen LogP) is 2.04. The van der Waals surface area contributed by atoms with Gasteiger partial charge in [0.25, 0.3) is 0 Å². The number of hydrogen-bond donors (Lipinski definition) is 0. The summed E-state index contributed by atoms with van der Waals surface area (Å²) in [4.78, 5) is 0. The van der Waals surface area contributed by atoms with E-state index >= 15 is 0 Å². The molecule has 2 rings (SSSR count). The highest BCUT2D eigenvalue weighted by Crippen LogP contribution is 2.28. The maximum atomic E-state index is 5.39. The van der Waals surface area contributed by atoms with Crippen molar-refractivity contribution in [2.75, 3.05) is 13.7 Å². The monoisotopic (exact) mass is 204 g/mol. The first-order valence-electron chi connectivity index (χ1n) is 4.79. The van der Waals surface area contributed by atoms with E-state index in [9.17, 15) is 0 Å². The molecule has 1 heterocycles. The van der Waals surface area contributed by atoms with E-state index in [1.165, 1.54) is 0 Å². The number of fused-ring (bicyclic) bond motifs is 1. The Hall–Kier alpha value is -1.84. The van der Waals surface area contributed by atoms with Crippen LogP contribution in [0.15, 0.2) is 24.3 Å². The highest BCUT2D eigenvalue weighted by molar-refractivity contribution is 5.90. The summed E-state index contributed by atoms with van der Waals surface area (Å²) in [7, 11) is 1.58.